The number of nitrogens with one attached hydrogen (secondary N) is 1. The zero-order valence-electron chi connectivity index (χ0n) is 9.96. The summed E-state index contributed by atoms with van der Waals surface area (Å²) in [5.41, 5.74) is 0.518. The molecule has 1 aromatic rings. The summed E-state index contributed by atoms with van der Waals surface area (Å²) < 4.78 is 18.9. The lowest BCUT2D eigenvalue weighted by Gasteiger charge is -2.19. The number of hydrogen-bond acceptors (Lipinski definition) is 3. The van der Waals surface area contributed by atoms with Crippen molar-refractivity contribution in [2.75, 3.05) is 7.11 Å². The van der Waals surface area contributed by atoms with Gasteiger partial charge in [-0.3, -0.25) is 10.1 Å². The first-order chi connectivity index (χ1) is 7.95. The van der Waals surface area contributed by atoms with Crippen molar-refractivity contribution < 1.29 is 13.9 Å². The fourth-order valence-corrected chi connectivity index (χ4v) is 1.90. The van der Waals surface area contributed by atoms with E-state index >= 15 is 0 Å². The highest BCUT2D eigenvalue weighted by atomic mass is 79.9. The normalized spacial score (nSPS) is 14.2. The third kappa shape index (κ3) is 3.78. The van der Waals surface area contributed by atoms with E-state index < -0.39 is 6.04 Å². The molecule has 1 rings (SSSR count). The lowest BCUT2D eigenvalue weighted by Crippen LogP contribution is -2.36. The van der Waals surface area contributed by atoms with Gasteiger partial charge < -0.3 is 4.74 Å². The van der Waals surface area contributed by atoms with Crippen LogP contribution in [0.4, 0.5) is 4.39 Å². The largest absolute Gasteiger partial charge is 0.468 e. The van der Waals surface area contributed by atoms with Gasteiger partial charge in [0.05, 0.1) is 7.11 Å². The summed E-state index contributed by atoms with van der Waals surface area (Å²) in [6.45, 7) is 3.48. The molecule has 0 aliphatic carbocycles. The fraction of sp³-hybridized carbons (Fsp3) is 0.417. The summed E-state index contributed by atoms with van der Waals surface area (Å²) in [4.78, 5) is 11.2. The molecule has 0 aromatic heterocycles. The van der Waals surface area contributed by atoms with E-state index in [0.717, 1.165) is 0 Å². The second-order valence-electron chi connectivity index (χ2n) is 3.80. The van der Waals surface area contributed by atoms with Gasteiger partial charge in [0.1, 0.15) is 11.9 Å². The minimum absolute atomic E-state index is 0.266. The standard InChI is InChI=1S/C12H15BrFNO2/c1-7(15-8(2)12(16)17-3)10-5-4-9(13)6-11(10)14/h4-8,15H,1-3H3/t7?,8-/m0/s1. The van der Waals surface area contributed by atoms with Crippen LogP contribution >= 0.6 is 15.9 Å². The van der Waals surface area contributed by atoms with Crippen molar-refractivity contribution in [3.8, 4) is 0 Å². The van der Waals surface area contributed by atoms with E-state index in [9.17, 15) is 9.18 Å². The first-order valence-electron chi connectivity index (χ1n) is 5.24. The van der Waals surface area contributed by atoms with E-state index in [1.165, 1.54) is 13.2 Å². The van der Waals surface area contributed by atoms with Crippen molar-refractivity contribution in [2.24, 2.45) is 0 Å². The summed E-state index contributed by atoms with van der Waals surface area (Å²) in [6, 6.07) is 4.10. The van der Waals surface area contributed by atoms with Gasteiger partial charge in [-0.15, -0.1) is 0 Å². The first-order valence-corrected chi connectivity index (χ1v) is 6.03. The molecule has 0 aliphatic rings. The van der Waals surface area contributed by atoms with E-state index in [1.807, 2.05) is 0 Å². The Labute approximate surface area is 108 Å². The Hall–Kier alpha value is -0.940. The molecule has 0 spiro atoms. The van der Waals surface area contributed by atoms with Crippen molar-refractivity contribution in [1.82, 2.24) is 5.32 Å². The van der Waals surface area contributed by atoms with Crippen molar-refractivity contribution in [1.29, 1.82) is 0 Å². The van der Waals surface area contributed by atoms with E-state index in [1.54, 1.807) is 26.0 Å². The van der Waals surface area contributed by atoms with Crippen LogP contribution in [0.5, 0.6) is 0 Å². The molecule has 3 nitrogen and oxygen atoms in total. The highest BCUT2D eigenvalue weighted by molar-refractivity contribution is 9.10. The summed E-state index contributed by atoms with van der Waals surface area (Å²) in [6.07, 6.45) is 0. The predicted octanol–water partition coefficient (Wildman–Crippen LogP) is 2.80. The first kappa shape index (κ1) is 14.1. The number of halogens is 2. The minimum atomic E-state index is -0.474. The molecule has 1 unspecified atom stereocenters. The van der Waals surface area contributed by atoms with Crippen LogP contribution in [-0.2, 0) is 9.53 Å². The second kappa shape index (κ2) is 6.12. The molecule has 0 heterocycles. The number of esters is 1. The van der Waals surface area contributed by atoms with Gasteiger partial charge in [0.15, 0.2) is 0 Å². The third-order valence-electron chi connectivity index (χ3n) is 2.48. The molecule has 0 saturated heterocycles. The Kier molecular flexibility index (Phi) is 5.08. The fourth-order valence-electron chi connectivity index (χ4n) is 1.56. The smallest absolute Gasteiger partial charge is 0.322 e. The molecule has 5 heteroatoms. The van der Waals surface area contributed by atoms with Gasteiger partial charge in [0.25, 0.3) is 0 Å². The average molecular weight is 304 g/mol. The molecular formula is C12H15BrFNO2. The van der Waals surface area contributed by atoms with Crippen molar-refractivity contribution >= 4 is 21.9 Å². The summed E-state index contributed by atoms with van der Waals surface area (Å²) in [5, 5.41) is 2.98. The molecule has 94 valence electrons. The molecular weight excluding hydrogens is 289 g/mol. The molecule has 17 heavy (non-hydrogen) atoms. The summed E-state index contributed by atoms with van der Waals surface area (Å²) in [7, 11) is 1.32. The third-order valence-corrected chi connectivity index (χ3v) is 2.98. The van der Waals surface area contributed by atoms with Gasteiger partial charge >= 0.3 is 5.97 Å². The van der Waals surface area contributed by atoms with Gasteiger partial charge in [-0.05, 0) is 26.0 Å². The minimum Gasteiger partial charge on any atom is -0.468 e. The van der Waals surface area contributed by atoms with Crippen LogP contribution in [0.15, 0.2) is 22.7 Å². The highest BCUT2D eigenvalue weighted by Gasteiger charge is 2.18. The summed E-state index contributed by atoms with van der Waals surface area (Å²) in [5.74, 6) is -0.675. The summed E-state index contributed by atoms with van der Waals surface area (Å²) >= 11 is 3.20. The number of carbonyl (C=O) groups is 1. The number of rotatable bonds is 4. The van der Waals surface area contributed by atoms with Gasteiger partial charge in [0, 0.05) is 16.1 Å². The van der Waals surface area contributed by atoms with Gasteiger partial charge in [0.2, 0.25) is 0 Å². The Bertz CT molecular complexity index is 411. The van der Waals surface area contributed by atoms with E-state index in [2.05, 4.69) is 26.0 Å². The van der Waals surface area contributed by atoms with Crippen LogP contribution < -0.4 is 5.32 Å². The molecule has 0 aliphatic heterocycles. The lowest BCUT2D eigenvalue weighted by atomic mass is 10.1. The lowest BCUT2D eigenvalue weighted by molar-refractivity contribution is -0.142. The Morgan fingerprint density at radius 2 is 2.12 bits per heavy atom. The maximum atomic E-state index is 13.6. The molecule has 0 radical (unpaired) electrons. The topological polar surface area (TPSA) is 38.3 Å². The average Bonchev–Trinajstić information content (AvgIpc) is 2.27. The number of hydrogen-bond donors (Lipinski definition) is 1. The number of carbonyl (C=O) groups excluding carboxylic acids is 1. The SMILES string of the molecule is COC(=O)[C@H](C)NC(C)c1ccc(Br)cc1F. The maximum absolute atomic E-state index is 13.6. The number of ether oxygens (including phenoxy) is 1. The van der Waals surface area contributed by atoms with Gasteiger partial charge in [-0.1, -0.05) is 22.0 Å². The highest BCUT2D eigenvalue weighted by Crippen LogP contribution is 2.21. The molecule has 1 aromatic carbocycles. The number of benzene rings is 1. The van der Waals surface area contributed by atoms with Crippen LogP contribution in [0.2, 0.25) is 0 Å². The zero-order valence-corrected chi connectivity index (χ0v) is 11.5. The van der Waals surface area contributed by atoms with Crippen molar-refractivity contribution in [2.45, 2.75) is 25.9 Å². The molecule has 0 saturated carbocycles. The Balaban J connectivity index is 2.76. The van der Waals surface area contributed by atoms with Crippen LogP contribution in [0.25, 0.3) is 0 Å². The molecule has 2 atom stereocenters. The quantitative estimate of drug-likeness (QED) is 0.869. The van der Waals surface area contributed by atoms with Gasteiger partial charge in [-0.25, -0.2) is 4.39 Å². The molecule has 0 fully saturated rings. The van der Waals surface area contributed by atoms with Crippen molar-refractivity contribution in [3.05, 3.63) is 34.1 Å². The predicted molar refractivity (Wildman–Crippen MR) is 67.1 cm³/mol. The molecule has 0 bridgehead atoms. The van der Waals surface area contributed by atoms with Crippen molar-refractivity contribution in [3.63, 3.8) is 0 Å². The number of methoxy groups -OCH3 is 1. The van der Waals surface area contributed by atoms with E-state index in [-0.39, 0.29) is 17.8 Å². The Morgan fingerprint density at radius 3 is 2.65 bits per heavy atom. The van der Waals surface area contributed by atoms with Crippen LogP contribution in [0, 0.1) is 5.82 Å². The monoisotopic (exact) mass is 303 g/mol. The van der Waals surface area contributed by atoms with Crippen LogP contribution in [-0.4, -0.2) is 19.1 Å². The molecule has 1 N–H and O–H groups in total. The van der Waals surface area contributed by atoms with E-state index in [0.29, 0.717) is 10.0 Å². The van der Waals surface area contributed by atoms with E-state index in [4.69, 9.17) is 0 Å². The van der Waals surface area contributed by atoms with Crippen LogP contribution in [0.1, 0.15) is 25.5 Å². The maximum Gasteiger partial charge on any atom is 0.322 e. The zero-order chi connectivity index (χ0) is 13.0. The Morgan fingerprint density at radius 1 is 1.47 bits per heavy atom. The van der Waals surface area contributed by atoms with Crippen LogP contribution in [0.3, 0.4) is 0 Å². The second-order valence-corrected chi connectivity index (χ2v) is 4.71. The molecule has 0 amide bonds. The van der Waals surface area contributed by atoms with Gasteiger partial charge in [-0.2, -0.15) is 0 Å².